The fourth-order valence-corrected chi connectivity index (χ4v) is 5.69. The van der Waals surface area contributed by atoms with Gasteiger partial charge in [-0.05, 0) is 87.9 Å². The quantitative estimate of drug-likeness (QED) is 0.341. The van der Waals surface area contributed by atoms with Crippen molar-refractivity contribution in [1.29, 1.82) is 0 Å². The molecule has 0 saturated heterocycles. The second-order valence-corrected chi connectivity index (χ2v) is 9.23. The number of rotatable bonds is 3. The molecule has 0 radical (unpaired) electrons. The molecule has 0 aliphatic heterocycles. The molecule has 0 amide bonds. The third-order valence-corrected chi connectivity index (χ3v) is 7.37. The molecule has 0 bridgehead atoms. The van der Waals surface area contributed by atoms with Crippen LogP contribution in [0, 0.1) is 12.3 Å². The van der Waals surface area contributed by atoms with Gasteiger partial charge in [0.05, 0.1) is 0 Å². The van der Waals surface area contributed by atoms with Gasteiger partial charge in [0.1, 0.15) is 0 Å². The zero-order chi connectivity index (χ0) is 20.3. The van der Waals surface area contributed by atoms with Gasteiger partial charge in [-0.3, -0.25) is 0 Å². The van der Waals surface area contributed by atoms with Crippen LogP contribution in [0.4, 0.5) is 0 Å². The summed E-state index contributed by atoms with van der Waals surface area (Å²) in [6.45, 7) is 4.67. The Bertz CT molecular complexity index is 1280. The average molecular weight is 387 g/mol. The molecule has 1 atom stereocenters. The van der Waals surface area contributed by atoms with Crippen LogP contribution in [-0.2, 0) is 12.8 Å². The highest BCUT2D eigenvalue weighted by Gasteiger charge is 2.34. The van der Waals surface area contributed by atoms with E-state index >= 15 is 0 Å². The first-order valence-corrected chi connectivity index (χ1v) is 11.1. The second kappa shape index (κ2) is 6.44. The summed E-state index contributed by atoms with van der Waals surface area (Å²) in [6.07, 6.45) is 12.7. The van der Waals surface area contributed by atoms with Crippen LogP contribution in [0.2, 0.25) is 0 Å². The van der Waals surface area contributed by atoms with Crippen molar-refractivity contribution >= 4 is 11.6 Å². The molecule has 1 unspecified atom stereocenters. The Morgan fingerprint density at radius 2 is 1.70 bits per heavy atom. The highest BCUT2D eigenvalue weighted by atomic mass is 14.4. The maximum atomic E-state index is 2.42. The third-order valence-electron chi connectivity index (χ3n) is 7.37. The van der Waals surface area contributed by atoms with E-state index in [0.29, 0.717) is 0 Å². The Morgan fingerprint density at radius 1 is 0.900 bits per heavy atom. The van der Waals surface area contributed by atoms with Crippen molar-refractivity contribution in [1.82, 2.24) is 0 Å². The molecule has 0 N–H and O–H groups in total. The van der Waals surface area contributed by atoms with Gasteiger partial charge in [0.2, 0.25) is 0 Å². The van der Waals surface area contributed by atoms with Gasteiger partial charge in [-0.25, -0.2) is 0 Å². The molecule has 0 heteroatoms. The molecule has 3 aromatic carbocycles. The molecule has 0 nitrogen and oxygen atoms in total. The molecule has 0 fully saturated rings. The SMILES string of the molecule is Cc1ccc(CCC2(C)C=CC=C3C2=Cc2ccccc23)c2c1-c1ccccc1C2. The summed E-state index contributed by atoms with van der Waals surface area (Å²) in [5.41, 5.74) is 14.6. The van der Waals surface area contributed by atoms with Gasteiger partial charge in [-0.2, -0.15) is 0 Å². The Hall–Kier alpha value is -3.12. The Kier molecular flexibility index (Phi) is 3.80. The lowest BCUT2D eigenvalue weighted by atomic mass is 9.72. The van der Waals surface area contributed by atoms with Gasteiger partial charge in [-0.1, -0.05) is 85.8 Å². The number of hydrogen-bond acceptors (Lipinski definition) is 0. The summed E-state index contributed by atoms with van der Waals surface area (Å²) in [6, 6.07) is 22.4. The van der Waals surface area contributed by atoms with E-state index in [2.05, 4.69) is 98.8 Å². The smallest absolute Gasteiger partial charge is 0.0116 e. The zero-order valence-electron chi connectivity index (χ0n) is 17.7. The molecule has 146 valence electrons. The number of fused-ring (bicyclic) bond motifs is 6. The first-order chi connectivity index (χ1) is 14.6. The van der Waals surface area contributed by atoms with E-state index in [1.54, 1.807) is 5.56 Å². The van der Waals surface area contributed by atoms with Crippen LogP contribution < -0.4 is 0 Å². The van der Waals surface area contributed by atoms with Crippen molar-refractivity contribution < 1.29 is 0 Å². The topological polar surface area (TPSA) is 0 Å². The number of benzene rings is 3. The molecule has 6 rings (SSSR count). The molecular formula is C30H26. The fraction of sp³-hybridized carbons (Fsp3) is 0.200. The van der Waals surface area contributed by atoms with E-state index in [1.165, 1.54) is 50.1 Å². The van der Waals surface area contributed by atoms with Crippen LogP contribution in [0.5, 0.6) is 0 Å². The minimum Gasteiger partial charge on any atom is -0.0742 e. The first-order valence-electron chi connectivity index (χ1n) is 11.1. The number of aryl methyl sites for hydroxylation is 2. The van der Waals surface area contributed by atoms with Gasteiger partial charge in [0.15, 0.2) is 0 Å². The summed E-state index contributed by atoms with van der Waals surface area (Å²) in [5.74, 6) is 0. The molecular weight excluding hydrogens is 360 g/mol. The molecule has 0 spiro atoms. The Balaban J connectivity index is 1.33. The van der Waals surface area contributed by atoms with Gasteiger partial charge in [0, 0.05) is 5.41 Å². The molecule has 0 saturated carbocycles. The van der Waals surface area contributed by atoms with E-state index in [1.807, 2.05) is 0 Å². The summed E-state index contributed by atoms with van der Waals surface area (Å²) in [7, 11) is 0. The van der Waals surface area contributed by atoms with Crippen LogP contribution in [0.1, 0.15) is 46.7 Å². The van der Waals surface area contributed by atoms with E-state index in [-0.39, 0.29) is 5.41 Å². The standard InChI is InChI=1S/C30H26/c1-20-13-14-21(27-18-22-8-4-6-11-25(22)29(20)27)15-17-30(2)16-7-12-26-24-10-5-3-9-23(24)19-28(26)30/h3-14,16,19H,15,17-18H2,1-2H3. The summed E-state index contributed by atoms with van der Waals surface area (Å²) in [4.78, 5) is 0. The van der Waals surface area contributed by atoms with Crippen molar-refractivity contribution in [2.75, 3.05) is 0 Å². The lowest BCUT2D eigenvalue weighted by molar-refractivity contribution is 0.482. The van der Waals surface area contributed by atoms with Crippen LogP contribution in [0.3, 0.4) is 0 Å². The minimum absolute atomic E-state index is 0.0757. The maximum Gasteiger partial charge on any atom is 0.0116 e. The summed E-state index contributed by atoms with van der Waals surface area (Å²) in [5, 5.41) is 0. The van der Waals surface area contributed by atoms with E-state index in [4.69, 9.17) is 0 Å². The molecule has 3 aromatic rings. The monoisotopic (exact) mass is 386 g/mol. The van der Waals surface area contributed by atoms with Crippen molar-refractivity contribution in [3.8, 4) is 11.1 Å². The van der Waals surface area contributed by atoms with Gasteiger partial charge in [-0.15, -0.1) is 0 Å². The van der Waals surface area contributed by atoms with Crippen LogP contribution >= 0.6 is 0 Å². The normalized spacial score (nSPS) is 20.2. The number of allylic oxidation sites excluding steroid dienone is 5. The highest BCUT2D eigenvalue weighted by molar-refractivity contribution is 5.97. The summed E-state index contributed by atoms with van der Waals surface area (Å²) < 4.78 is 0. The Labute approximate surface area is 179 Å². The molecule has 3 aliphatic rings. The molecule has 30 heavy (non-hydrogen) atoms. The van der Waals surface area contributed by atoms with E-state index < -0.39 is 0 Å². The predicted octanol–water partition coefficient (Wildman–Crippen LogP) is 7.56. The second-order valence-electron chi connectivity index (χ2n) is 9.23. The van der Waals surface area contributed by atoms with Crippen LogP contribution in [0.15, 0.2) is 84.5 Å². The average Bonchev–Trinajstić information content (AvgIpc) is 3.34. The molecule has 0 heterocycles. The molecule has 3 aliphatic carbocycles. The maximum absolute atomic E-state index is 2.42. The third kappa shape index (κ3) is 2.53. The Morgan fingerprint density at radius 3 is 2.60 bits per heavy atom. The lowest BCUT2D eigenvalue weighted by Gasteiger charge is -2.32. The zero-order valence-corrected chi connectivity index (χ0v) is 17.7. The van der Waals surface area contributed by atoms with E-state index in [9.17, 15) is 0 Å². The van der Waals surface area contributed by atoms with Crippen LogP contribution in [-0.4, -0.2) is 0 Å². The van der Waals surface area contributed by atoms with Crippen molar-refractivity contribution in [3.63, 3.8) is 0 Å². The largest absolute Gasteiger partial charge is 0.0742 e. The van der Waals surface area contributed by atoms with Gasteiger partial charge < -0.3 is 0 Å². The van der Waals surface area contributed by atoms with Gasteiger partial charge >= 0.3 is 0 Å². The first kappa shape index (κ1) is 17.7. The van der Waals surface area contributed by atoms with Crippen molar-refractivity contribution in [2.45, 2.75) is 33.1 Å². The van der Waals surface area contributed by atoms with Crippen LogP contribution in [0.25, 0.3) is 22.8 Å². The summed E-state index contributed by atoms with van der Waals surface area (Å²) >= 11 is 0. The predicted molar refractivity (Wildman–Crippen MR) is 127 cm³/mol. The lowest BCUT2D eigenvalue weighted by Crippen LogP contribution is -2.19. The highest BCUT2D eigenvalue weighted by Crippen LogP contribution is 2.50. The number of hydrogen-bond donors (Lipinski definition) is 0. The van der Waals surface area contributed by atoms with Crippen molar-refractivity contribution in [3.05, 3.63) is 118 Å². The van der Waals surface area contributed by atoms with E-state index in [0.717, 1.165) is 19.3 Å². The van der Waals surface area contributed by atoms with Gasteiger partial charge in [0.25, 0.3) is 0 Å². The fourth-order valence-electron chi connectivity index (χ4n) is 5.69. The molecule has 0 aromatic heterocycles. The van der Waals surface area contributed by atoms with Crippen molar-refractivity contribution in [2.24, 2.45) is 5.41 Å². The minimum atomic E-state index is 0.0757.